The Kier molecular flexibility index (Phi) is 9.27. The van der Waals surface area contributed by atoms with Crippen LogP contribution in [0.15, 0.2) is 103 Å². The van der Waals surface area contributed by atoms with Crippen LogP contribution in [0.4, 0.5) is 0 Å². The van der Waals surface area contributed by atoms with E-state index in [9.17, 15) is 10.3 Å². The van der Waals surface area contributed by atoms with Gasteiger partial charge in [-0.15, -0.1) is 0 Å². The summed E-state index contributed by atoms with van der Waals surface area (Å²) in [5.74, 6) is 1.13. The van der Waals surface area contributed by atoms with Gasteiger partial charge < -0.3 is 24.5 Å². The third kappa shape index (κ3) is 7.32. The molecule has 0 aliphatic heterocycles. The first-order valence-electron chi connectivity index (χ1n) is 12.2. The summed E-state index contributed by atoms with van der Waals surface area (Å²) in [6.07, 6.45) is 0.450. The zero-order valence-electron chi connectivity index (χ0n) is 21.1. The number of ether oxygens (including phenoxy) is 4. The van der Waals surface area contributed by atoms with Crippen LogP contribution < -0.4 is 14.2 Å². The van der Waals surface area contributed by atoms with Gasteiger partial charge in [-0.25, -0.2) is 4.79 Å². The summed E-state index contributed by atoms with van der Waals surface area (Å²) in [4.78, 5) is 15.7. The molecular formula is C31H28N2O5. The fraction of sp³-hybridized carbons (Fsp3) is 0.161. The molecule has 0 unspecified atom stereocenters. The van der Waals surface area contributed by atoms with Gasteiger partial charge in [0.05, 0.1) is 19.3 Å². The molecule has 0 bridgehead atoms. The summed E-state index contributed by atoms with van der Waals surface area (Å²) in [5, 5.41) is 0. The molecule has 0 amide bonds. The Hall–Kier alpha value is -4.87. The number of esters is 1. The van der Waals surface area contributed by atoms with Crippen LogP contribution >= 0.6 is 0 Å². The molecule has 38 heavy (non-hydrogen) atoms. The Labute approximate surface area is 221 Å². The van der Waals surface area contributed by atoms with E-state index in [0.29, 0.717) is 42.4 Å². The molecule has 7 heteroatoms. The van der Waals surface area contributed by atoms with Gasteiger partial charge in [0.1, 0.15) is 19.0 Å². The van der Waals surface area contributed by atoms with Crippen molar-refractivity contribution in [1.82, 2.24) is 0 Å². The summed E-state index contributed by atoms with van der Waals surface area (Å²) in [6, 6.07) is 32.0. The van der Waals surface area contributed by atoms with Gasteiger partial charge in [0.25, 0.3) is 0 Å². The van der Waals surface area contributed by atoms with Crippen molar-refractivity contribution in [3.63, 3.8) is 0 Å². The van der Waals surface area contributed by atoms with Gasteiger partial charge in [0, 0.05) is 6.42 Å². The number of hydrogen-bond acceptors (Lipinski definition) is 5. The van der Waals surface area contributed by atoms with Crippen molar-refractivity contribution < 1.29 is 28.5 Å². The van der Waals surface area contributed by atoms with E-state index in [0.717, 1.165) is 16.7 Å². The third-order valence-electron chi connectivity index (χ3n) is 5.76. The molecule has 0 aromatic heterocycles. The maximum absolute atomic E-state index is 12.6. The second-order valence-electron chi connectivity index (χ2n) is 8.39. The zero-order valence-corrected chi connectivity index (χ0v) is 21.1. The molecule has 0 spiro atoms. The monoisotopic (exact) mass is 508 g/mol. The van der Waals surface area contributed by atoms with Crippen molar-refractivity contribution in [2.75, 3.05) is 13.7 Å². The Morgan fingerprint density at radius 3 is 1.97 bits per heavy atom. The van der Waals surface area contributed by atoms with Crippen LogP contribution in [0.25, 0.3) is 5.53 Å². The molecule has 0 atom stereocenters. The second kappa shape index (κ2) is 13.4. The van der Waals surface area contributed by atoms with Crippen molar-refractivity contribution in [1.29, 1.82) is 0 Å². The van der Waals surface area contributed by atoms with E-state index in [2.05, 4.69) is 4.79 Å². The predicted octanol–water partition coefficient (Wildman–Crippen LogP) is 5.66. The summed E-state index contributed by atoms with van der Waals surface area (Å²) in [6.45, 7) is 0.954. The smallest absolute Gasteiger partial charge is 0.422 e. The minimum absolute atomic E-state index is 0.101. The molecule has 4 aromatic carbocycles. The van der Waals surface area contributed by atoms with Gasteiger partial charge >= 0.3 is 11.7 Å². The molecule has 0 radical (unpaired) electrons. The van der Waals surface area contributed by atoms with Crippen LogP contribution in [-0.4, -0.2) is 30.2 Å². The summed E-state index contributed by atoms with van der Waals surface area (Å²) < 4.78 is 22.5. The van der Waals surface area contributed by atoms with Crippen molar-refractivity contribution >= 4 is 11.7 Å². The topological polar surface area (TPSA) is 90.4 Å². The average Bonchev–Trinajstić information content (AvgIpc) is 2.97. The van der Waals surface area contributed by atoms with Crippen LogP contribution in [0.2, 0.25) is 0 Å². The number of rotatable bonds is 12. The van der Waals surface area contributed by atoms with Crippen LogP contribution in [0, 0.1) is 0 Å². The summed E-state index contributed by atoms with van der Waals surface area (Å²) >= 11 is 0. The lowest BCUT2D eigenvalue weighted by molar-refractivity contribution is -0.139. The molecule has 0 saturated carbocycles. The third-order valence-corrected chi connectivity index (χ3v) is 5.76. The van der Waals surface area contributed by atoms with Gasteiger partial charge in [0.2, 0.25) is 0 Å². The van der Waals surface area contributed by atoms with E-state index in [-0.39, 0.29) is 12.3 Å². The molecule has 0 saturated heterocycles. The maximum atomic E-state index is 12.6. The van der Waals surface area contributed by atoms with Gasteiger partial charge in [-0.05, 0) is 53.1 Å². The average molecular weight is 509 g/mol. The molecule has 4 rings (SSSR count). The highest BCUT2D eigenvalue weighted by Crippen LogP contribution is 2.29. The standard InChI is InChI=1S/C31H28N2O5/c1-35-29-20-23(12-17-28(29)38-22-25-10-6-3-7-11-25)18-19-36-31(34)30(33-32)26-13-15-27(16-14-26)37-21-24-8-4-2-5-9-24/h2-17,20H,18-19,21-22H2,1H3. The molecule has 0 fully saturated rings. The zero-order chi connectivity index (χ0) is 26.6. The lowest BCUT2D eigenvalue weighted by Gasteiger charge is -2.12. The van der Waals surface area contributed by atoms with Gasteiger partial charge in [-0.2, -0.15) is 4.79 Å². The highest BCUT2D eigenvalue weighted by Gasteiger charge is 2.24. The van der Waals surface area contributed by atoms with Crippen LogP contribution in [-0.2, 0) is 29.2 Å². The second-order valence-corrected chi connectivity index (χ2v) is 8.39. The van der Waals surface area contributed by atoms with Gasteiger partial charge in [0.15, 0.2) is 11.5 Å². The Bertz CT molecular complexity index is 1380. The number of methoxy groups -OCH3 is 1. The molecule has 0 N–H and O–H groups in total. The number of nitrogens with zero attached hydrogens (tertiary/aromatic N) is 2. The molecule has 0 aliphatic carbocycles. The quantitative estimate of drug-likeness (QED) is 0.107. The highest BCUT2D eigenvalue weighted by atomic mass is 16.5. The first-order valence-corrected chi connectivity index (χ1v) is 12.2. The summed E-state index contributed by atoms with van der Waals surface area (Å²) in [7, 11) is 1.58. The molecular weight excluding hydrogens is 480 g/mol. The van der Waals surface area contributed by atoms with Gasteiger partial charge in [-0.3, -0.25) is 0 Å². The van der Waals surface area contributed by atoms with Crippen molar-refractivity contribution in [2.24, 2.45) is 0 Å². The van der Waals surface area contributed by atoms with Crippen LogP contribution in [0.3, 0.4) is 0 Å². The largest absolute Gasteiger partial charge is 0.493 e. The highest BCUT2D eigenvalue weighted by molar-refractivity contribution is 6.40. The normalized spacial score (nSPS) is 10.2. The Morgan fingerprint density at radius 1 is 0.737 bits per heavy atom. The van der Waals surface area contributed by atoms with E-state index < -0.39 is 5.97 Å². The Morgan fingerprint density at radius 2 is 1.37 bits per heavy atom. The van der Waals surface area contributed by atoms with E-state index >= 15 is 0 Å². The van der Waals surface area contributed by atoms with Crippen molar-refractivity contribution in [2.45, 2.75) is 19.6 Å². The maximum Gasteiger partial charge on any atom is 0.422 e. The van der Waals surface area contributed by atoms with Crippen LogP contribution in [0.1, 0.15) is 22.3 Å². The van der Waals surface area contributed by atoms with E-state index in [1.807, 2.05) is 78.9 Å². The first kappa shape index (κ1) is 26.2. The lowest BCUT2D eigenvalue weighted by Crippen LogP contribution is -2.21. The minimum Gasteiger partial charge on any atom is -0.493 e. The molecule has 192 valence electrons. The lowest BCUT2D eigenvalue weighted by atomic mass is 10.1. The predicted molar refractivity (Wildman–Crippen MR) is 143 cm³/mol. The number of hydrogen-bond donors (Lipinski definition) is 0. The van der Waals surface area contributed by atoms with E-state index in [1.165, 1.54) is 0 Å². The SMILES string of the molecule is COc1cc(CCOC(=O)C(=[N+]=[N-])c2ccc(OCc3ccccc3)cc2)ccc1OCc1ccccc1. The molecule has 0 aliphatic rings. The molecule has 4 aromatic rings. The Balaban J connectivity index is 1.28. The van der Waals surface area contributed by atoms with Crippen LogP contribution in [0.5, 0.6) is 17.2 Å². The fourth-order valence-electron chi connectivity index (χ4n) is 3.72. The van der Waals surface area contributed by atoms with Gasteiger partial charge in [-0.1, -0.05) is 66.7 Å². The number of benzene rings is 4. The first-order chi connectivity index (χ1) is 18.7. The van der Waals surface area contributed by atoms with Crippen molar-refractivity contribution in [3.8, 4) is 17.2 Å². The fourth-order valence-corrected chi connectivity index (χ4v) is 3.72. The van der Waals surface area contributed by atoms with Crippen molar-refractivity contribution in [3.05, 3.63) is 131 Å². The summed E-state index contributed by atoms with van der Waals surface area (Å²) in [5.41, 5.74) is 12.7. The number of carbonyl (C=O) groups is 1. The molecule has 7 nitrogen and oxygen atoms in total. The molecule has 0 heterocycles. The van der Waals surface area contributed by atoms with E-state index in [1.54, 1.807) is 31.4 Å². The van der Waals surface area contributed by atoms with E-state index in [4.69, 9.17) is 18.9 Å². The minimum atomic E-state index is -0.722. The number of carbonyl (C=O) groups excluding carboxylic acids is 1.